The molecule has 0 aromatic heterocycles. The van der Waals surface area contributed by atoms with Gasteiger partial charge in [-0.05, 0) is 24.1 Å². The van der Waals surface area contributed by atoms with Crippen molar-refractivity contribution in [2.75, 3.05) is 0 Å². The van der Waals surface area contributed by atoms with E-state index in [0.29, 0.717) is 17.4 Å². The third-order valence-electron chi connectivity index (χ3n) is 2.86. The van der Waals surface area contributed by atoms with Crippen molar-refractivity contribution >= 4 is 17.4 Å². The molecule has 0 aliphatic carbocycles. The van der Waals surface area contributed by atoms with Crippen molar-refractivity contribution in [3.8, 4) is 0 Å². The first-order chi connectivity index (χ1) is 7.58. The van der Waals surface area contributed by atoms with Crippen LogP contribution in [-0.2, 0) is 0 Å². The maximum Gasteiger partial charge on any atom is 0.166 e. The third kappa shape index (κ3) is 3.31. The van der Waals surface area contributed by atoms with Crippen LogP contribution in [0, 0.1) is 11.7 Å². The van der Waals surface area contributed by atoms with Crippen LogP contribution in [0.15, 0.2) is 18.2 Å². The van der Waals surface area contributed by atoms with Gasteiger partial charge in [-0.25, -0.2) is 4.39 Å². The molecule has 0 amide bonds. The number of benzene rings is 1. The molecular formula is C13H16ClFO. The molecule has 0 heterocycles. The van der Waals surface area contributed by atoms with Crippen molar-refractivity contribution in [1.29, 1.82) is 0 Å². The van der Waals surface area contributed by atoms with Gasteiger partial charge in [0.15, 0.2) is 5.78 Å². The molecule has 16 heavy (non-hydrogen) atoms. The van der Waals surface area contributed by atoms with Gasteiger partial charge in [0.25, 0.3) is 0 Å². The topological polar surface area (TPSA) is 17.1 Å². The van der Waals surface area contributed by atoms with Crippen LogP contribution in [0.4, 0.5) is 4.39 Å². The Kier molecular flexibility index (Phi) is 4.94. The van der Waals surface area contributed by atoms with E-state index in [1.54, 1.807) is 6.07 Å². The average molecular weight is 243 g/mol. The van der Waals surface area contributed by atoms with Crippen LogP contribution < -0.4 is 0 Å². The van der Waals surface area contributed by atoms with Crippen LogP contribution in [0.2, 0.25) is 5.02 Å². The first kappa shape index (κ1) is 13.2. The van der Waals surface area contributed by atoms with Gasteiger partial charge in [-0.3, -0.25) is 4.79 Å². The highest BCUT2D eigenvalue weighted by atomic mass is 35.5. The molecule has 0 spiro atoms. The summed E-state index contributed by atoms with van der Waals surface area (Å²) in [4.78, 5) is 11.8. The van der Waals surface area contributed by atoms with Gasteiger partial charge in [-0.2, -0.15) is 0 Å². The summed E-state index contributed by atoms with van der Waals surface area (Å²) in [7, 11) is 0. The SMILES string of the molecule is CCC(CC)CC(=O)c1ccc(Cl)cc1F. The summed E-state index contributed by atoms with van der Waals surface area (Å²) in [6.07, 6.45) is 2.29. The van der Waals surface area contributed by atoms with Crippen molar-refractivity contribution in [3.05, 3.63) is 34.6 Å². The zero-order chi connectivity index (χ0) is 12.1. The molecule has 0 bridgehead atoms. The van der Waals surface area contributed by atoms with Gasteiger partial charge in [0, 0.05) is 11.4 Å². The highest BCUT2D eigenvalue weighted by Crippen LogP contribution is 2.20. The van der Waals surface area contributed by atoms with E-state index in [9.17, 15) is 9.18 Å². The normalized spacial score (nSPS) is 10.8. The third-order valence-corrected chi connectivity index (χ3v) is 3.10. The Balaban J connectivity index is 2.80. The number of hydrogen-bond donors (Lipinski definition) is 0. The first-order valence-electron chi connectivity index (χ1n) is 5.56. The van der Waals surface area contributed by atoms with Gasteiger partial charge in [-0.1, -0.05) is 38.3 Å². The fourth-order valence-corrected chi connectivity index (χ4v) is 1.82. The van der Waals surface area contributed by atoms with Gasteiger partial charge in [0.05, 0.1) is 5.56 Å². The minimum absolute atomic E-state index is 0.136. The smallest absolute Gasteiger partial charge is 0.166 e. The quantitative estimate of drug-likeness (QED) is 0.696. The van der Waals surface area contributed by atoms with Crippen molar-refractivity contribution < 1.29 is 9.18 Å². The van der Waals surface area contributed by atoms with E-state index in [1.807, 2.05) is 13.8 Å². The molecule has 0 radical (unpaired) electrons. The largest absolute Gasteiger partial charge is 0.294 e. The first-order valence-corrected chi connectivity index (χ1v) is 5.94. The van der Waals surface area contributed by atoms with Crippen LogP contribution in [0.1, 0.15) is 43.5 Å². The molecule has 0 aliphatic heterocycles. The summed E-state index contributed by atoms with van der Waals surface area (Å²) < 4.78 is 13.5. The zero-order valence-electron chi connectivity index (χ0n) is 9.59. The molecule has 0 saturated heterocycles. The average Bonchev–Trinajstić information content (AvgIpc) is 2.25. The Morgan fingerprint density at radius 3 is 2.50 bits per heavy atom. The molecule has 3 heteroatoms. The zero-order valence-corrected chi connectivity index (χ0v) is 10.4. The lowest BCUT2D eigenvalue weighted by atomic mass is 9.94. The number of ketones is 1. The van der Waals surface area contributed by atoms with E-state index >= 15 is 0 Å². The molecule has 1 aromatic carbocycles. The predicted molar refractivity (Wildman–Crippen MR) is 64.4 cm³/mol. The summed E-state index contributed by atoms with van der Waals surface area (Å²) in [5.74, 6) is -0.325. The lowest BCUT2D eigenvalue weighted by molar-refractivity contribution is 0.0955. The van der Waals surface area contributed by atoms with Crippen LogP contribution in [0.5, 0.6) is 0 Å². The summed E-state index contributed by atoms with van der Waals surface area (Å²) in [6, 6.07) is 4.19. The highest BCUT2D eigenvalue weighted by Gasteiger charge is 2.15. The van der Waals surface area contributed by atoms with Crippen molar-refractivity contribution in [1.82, 2.24) is 0 Å². The molecule has 0 saturated carbocycles. The molecule has 0 N–H and O–H groups in total. The maximum absolute atomic E-state index is 13.5. The van der Waals surface area contributed by atoms with Gasteiger partial charge in [-0.15, -0.1) is 0 Å². The summed E-state index contributed by atoms with van der Waals surface area (Å²) >= 11 is 5.63. The number of Topliss-reactive ketones (excluding diaryl/α,β-unsaturated/α-hetero) is 1. The van der Waals surface area contributed by atoms with Crippen LogP contribution >= 0.6 is 11.6 Å². The highest BCUT2D eigenvalue weighted by molar-refractivity contribution is 6.30. The number of carbonyl (C=O) groups is 1. The second kappa shape index (κ2) is 6.00. The molecule has 1 rings (SSSR count). The van der Waals surface area contributed by atoms with Crippen molar-refractivity contribution in [2.24, 2.45) is 5.92 Å². The lowest BCUT2D eigenvalue weighted by Gasteiger charge is -2.11. The Morgan fingerprint density at radius 1 is 1.38 bits per heavy atom. The fraction of sp³-hybridized carbons (Fsp3) is 0.462. The van der Waals surface area contributed by atoms with E-state index < -0.39 is 5.82 Å². The number of halogens is 2. The molecule has 0 aliphatic rings. The Hall–Kier alpha value is -0.890. The molecule has 0 fully saturated rings. The van der Waals surface area contributed by atoms with Crippen LogP contribution in [0.25, 0.3) is 0 Å². The monoisotopic (exact) mass is 242 g/mol. The summed E-state index contributed by atoms with van der Waals surface area (Å²) in [6.45, 7) is 4.08. The molecular weight excluding hydrogens is 227 g/mol. The minimum atomic E-state index is -0.525. The lowest BCUT2D eigenvalue weighted by Crippen LogP contribution is -2.09. The molecule has 0 unspecified atom stereocenters. The Labute approximate surface area is 101 Å². The van der Waals surface area contributed by atoms with Crippen molar-refractivity contribution in [2.45, 2.75) is 33.1 Å². The predicted octanol–water partition coefficient (Wildman–Crippen LogP) is 4.49. The molecule has 1 aromatic rings. The van der Waals surface area contributed by atoms with E-state index in [4.69, 9.17) is 11.6 Å². The van der Waals surface area contributed by atoms with Crippen LogP contribution in [0.3, 0.4) is 0 Å². The molecule has 88 valence electrons. The van der Waals surface area contributed by atoms with E-state index in [0.717, 1.165) is 12.8 Å². The molecule has 1 nitrogen and oxygen atoms in total. The Morgan fingerprint density at radius 2 is 2.00 bits per heavy atom. The van der Waals surface area contributed by atoms with Gasteiger partial charge >= 0.3 is 0 Å². The number of carbonyl (C=O) groups excluding carboxylic acids is 1. The fourth-order valence-electron chi connectivity index (χ4n) is 1.67. The van der Waals surface area contributed by atoms with Gasteiger partial charge < -0.3 is 0 Å². The molecule has 0 atom stereocenters. The van der Waals surface area contributed by atoms with E-state index in [2.05, 4.69) is 0 Å². The van der Waals surface area contributed by atoms with Gasteiger partial charge in [0.2, 0.25) is 0 Å². The Bertz CT molecular complexity index is 372. The van der Waals surface area contributed by atoms with Crippen molar-refractivity contribution in [3.63, 3.8) is 0 Å². The summed E-state index contributed by atoms with van der Waals surface area (Å²) in [5, 5.41) is 0.316. The van der Waals surface area contributed by atoms with Crippen LogP contribution in [-0.4, -0.2) is 5.78 Å². The van der Waals surface area contributed by atoms with Gasteiger partial charge in [0.1, 0.15) is 5.82 Å². The minimum Gasteiger partial charge on any atom is -0.294 e. The van der Waals surface area contributed by atoms with E-state index in [1.165, 1.54) is 12.1 Å². The second-order valence-electron chi connectivity index (χ2n) is 3.93. The van der Waals surface area contributed by atoms with E-state index in [-0.39, 0.29) is 11.3 Å². The summed E-state index contributed by atoms with van der Waals surface area (Å²) in [5.41, 5.74) is 0.149. The standard InChI is InChI=1S/C13H16ClFO/c1-3-9(4-2)7-13(16)11-6-5-10(14)8-12(11)15/h5-6,8-9H,3-4,7H2,1-2H3. The maximum atomic E-state index is 13.5. The number of hydrogen-bond acceptors (Lipinski definition) is 1. The second-order valence-corrected chi connectivity index (χ2v) is 4.37. The number of rotatable bonds is 5.